The van der Waals surface area contributed by atoms with Crippen molar-refractivity contribution in [2.45, 2.75) is 95.0 Å². The Kier molecular flexibility index (Phi) is 12.6. The van der Waals surface area contributed by atoms with Gasteiger partial charge >= 0.3 is 5.97 Å². The molecule has 5 N–H and O–H groups in total. The number of unbranched alkanes of at least 4 members (excludes halogenated alkanes) is 1. The van der Waals surface area contributed by atoms with Crippen LogP contribution in [0.1, 0.15) is 103 Å². The number of rotatable bonds is 12. The highest BCUT2D eigenvalue weighted by atomic mass is 35.5. The Morgan fingerprint density at radius 1 is 1.06 bits per heavy atom. The zero-order valence-corrected chi connectivity index (χ0v) is 28.7. The van der Waals surface area contributed by atoms with Gasteiger partial charge < -0.3 is 30.9 Å². The van der Waals surface area contributed by atoms with Gasteiger partial charge in [0.15, 0.2) is 5.78 Å². The molecule has 0 radical (unpaired) electrons. The maximum absolute atomic E-state index is 13.9. The number of amides is 2. The van der Waals surface area contributed by atoms with Crippen LogP contribution in [-0.4, -0.2) is 88.0 Å². The molecule has 3 atom stereocenters. The zero-order valence-electron chi connectivity index (χ0n) is 27.9. The quantitative estimate of drug-likeness (QED) is 0.241. The molecular weight excluding hydrogens is 636 g/mol. The smallest absolute Gasteiger partial charge is 0.335 e. The number of carbonyl (C=O) groups excluding carboxylic acids is 3. The van der Waals surface area contributed by atoms with Crippen LogP contribution >= 0.6 is 12.4 Å². The third-order valence-corrected chi connectivity index (χ3v) is 10.4. The molecule has 0 aromatic heterocycles. The molecule has 3 aliphatic rings. The summed E-state index contributed by atoms with van der Waals surface area (Å²) in [5, 5.41) is 23.4. The standard InChI is InChI=1S/C36H48N4O7.ClH/c1-3-4-18-40-33(43)30(31(41)25-8-6-5-7-9-25)38-35(46)36(40)16-19-39(20-17-36)22-23-10-12-24(13-11-23)29(37)32(42)27-15-14-26(34(44)45)21-28(27)47-2;/h10-15,21,25,29-31,41H,3-9,16-20,22,37H2,1-2H3,(H,38,46)(H,44,45);1H/t29?,30-,31-;/m1./s1. The minimum atomic E-state index is -1.12. The highest BCUT2D eigenvalue weighted by Crippen LogP contribution is 2.36. The number of nitrogens with one attached hydrogen (secondary N) is 1. The normalized spacial score (nSPS) is 21.2. The van der Waals surface area contributed by atoms with E-state index >= 15 is 0 Å². The summed E-state index contributed by atoms with van der Waals surface area (Å²) in [5.41, 5.74) is 7.29. The van der Waals surface area contributed by atoms with Crippen LogP contribution in [0.4, 0.5) is 0 Å². The van der Waals surface area contributed by atoms with E-state index in [1.807, 2.05) is 24.3 Å². The Labute approximate surface area is 288 Å². The van der Waals surface area contributed by atoms with E-state index < -0.39 is 29.7 Å². The molecule has 12 heteroatoms. The Morgan fingerprint density at radius 2 is 1.73 bits per heavy atom. The fraction of sp³-hybridized carbons (Fsp3) is 0.556. The van der Waals surface area contributed by atoms with Crippen molar-refractivity contribution in [3.63, 3.8) is 0 Å². The van der Waals surface area contributed by atoms with Gasteiger partial charge in [-0.25, -0.2) is 4.79 Å². The van der Waals surface area contributed by atoms with Gasteiger partial charge in [0.2, 0.25) is 11.8 Å². The third-order valence-electron chi connectivity index (χ3n) is 10.4. The van der Waals surface area contributed by atoms with Crippen molar-refractivity contribution in [1.29, 1.82) is 0 Å². The number of ether oxygens (including phenoxy) is 1. The van der Waals surface area contributed by atoms with Gasteiger partial charge in [-0.1, -0.05) is 56.9 Å². The molecule has 1 aliphatic carbocycles. The first-order valence-electron chi connectivity index (χ1n) is 16.9. The molecule has 1 saturated carbocycles. The summed E-state index contributed by atoms with van der Waals surface area (Å²) in [6, 6.07) is 9.74. The van der Waals surface area contributed by atoms with Crippen molar-refractivity contribution in [1.82, 2.24) is 15.1 Å². The summed E-state index contributed by atoms with van der Waals surface area (Å²) < 4.78 is 5.26. The SMILES string of the molecule is CCCCN1C(=O)[C@@H]([C@H](O)C2CCCCC2)NC(=O)C12CCN(Cc1ccc(C(N)C(=O)c3ccc(C(=O)O)cc3OC)cc1)CC2.Cl. The predicted octanol–water partition coefficient (Wildman–Crippen LogP) is 4.10. The number of nitrogens with two attached hydrogens (primary N) is 1. The van der Waals surface area contributed by atoms with E-state index in [1.165, 1.54) is 25.3 Å². The van der Waals surface area contributed by atoms with Gasteiger partial charge in [0.1, 0.15) is 17.3 Å². The second-order valence-electron chi connectivity index (χ2n) is 13.3. The lowest BCUT2D eigenvalue weighted by molar-refractivity contribution is -0.166. The Morgan fingerprint density at radius 3 is 2.33 bits per heavy atom. The van der Waals surface area contributed by atoms with E-state index in [-0.39, 0.29) is 52.8 Å². The maximum atomic E-state index is 13.9. The number of nitrogens with zero attached hydrogens (tertiary/aromatic N) is 2. The number of ketones is 1. The minimum Gasteiger partial charge on any atom is -0.496 e. The largest absolute Gasteiger partial charge is 0.496 e. The van der Waals surface area contributed by atoms with Crippen molar-refractivity contribution in [2.75, 3.05) is 26.7 Å². The van der Waals surface area contributed by atoms with Gasteiger partial charge in [-0.3, -0.25) is 19.3 Å². The molecule has 1 unspecified atom stereocenters. The number of carboxylic acid groups (broad SMARTS) is 1. The molecule has 48 heavy (non-hydrogen) atoms. The van der Waals surface area contributed by atoms with E-state index in [4.69, 9.17) is 10.5 Å². The summed E-state index contributed by atoms with van der Waals surface area (Å²) >= 11 is 0. The van der Waals surface area contributed by atoms with Gasteiger partial charge in [0, 0.05) is 26.2 Å². The van der Waals surface area contributed by atoms with Crippen LogP contribution in [0.2, 0.25) is 0 Å². The summed E-state index contributed by atoms with van der Waals surface area (Å²) in [6.07, 6.45) is 6.88. The van der Waals surface area contributed by atoms with E-state index in [2.05, 4.69) is 17.1 Å². The molecule has 2 heterocycles. The monoisotopic (exact) mass is 684 g/mol. The molecule has 2 amide bonds. The number of aliphatic hydroxyl groups excluding tert-OH is 1. The van der Waals surface area contributed by atoms with Gasteiger partial charge in [-0.2, -0.15) is 0 Å². The average Bonchev–Trinajstić information content (AvgIpc) is 3.10. The minimum absolute atomic E-state index is 0. The number of carbonyl (C=O) groups is 4. The summed E-state index contributed by atoms with van der Waals surface area (Å²) in [6.45, 7) is 4.47. The number of Topliss-reactive ketones (excluding diaryl/α,β-unsaturated/α-hetero) is 1. The lowest BCUT2D eigenvalue weighted by Crippen LogP contribution is -2.75. The Hall–Kier alpha value is -3.51. The number of halogens is 1. The highest BCUT2D eigenvalue weighted by Gasteiger charge is 2.55. The van der Waals surface area contributed by atoms with Crippen molar-refractivity contribution < 1.29 is 34.1 Å². The number of hydrogen-bond acceptors (Lipinski definition) is 8. The van der Waals surface area contributed by atoms with Gasteiger partial charge in [-0.15, -0.1) is 12.4 Å². The van der Waals surface area contributed by atoms with E-state index in [0.717, 1.165) is 50.5 Å². The number of piperidine rings is 1. The number of aromatic carboxylic acids is 1. The molecule has 0 bridgehead atoms. The molecule has 2 aliphatic heterocycles. The molecule has 3 fully saturated rings. The fourth-order valence-electron chi connectivity index (χ4n) is 7.47. The molecule has 5 rings (SSSR count). The first-order valence-corrected chi connectivity index (χ1v) is 16.9. The van der Waals surface area contributed by atoms with E-state index in [0.29, 0.717) is 44.6 Å². The number of likely N-dealkylation sites (tertiary alicyclic amines) is 1. The first-order chi connectivity index (χ1) is 22.6. The predicted molar refractivity (Wildman–Crippen MR) is 183 cm³/mol. The van der Waals surface area contributed by atoms with Crippen LogP contribution in [-0.2, 0) is 16.1 Å². The first kappa shape index (κ1) is 37.3. The van der Waals surface area contributed by atoms with Crippen LogP contribution in [0.25, 0.3) is 0 Å². The highest BCUT2D eigenvalue weighted by molar-refractivity contribution is 6.04. The van der Waals surface area contributed by atoms with E-state index in [1.54, 1.807) is 4.90 Å². The topological polar surface area (TPSA) is 162 Å². The molecule has 2 saturated heterocycles. The summed E-state index contributed by atoms with van der Waals surface area (Å²) in [7, 11) is 1.38. The number of carboxylic acids is 1. The second kappa shape index (κ2) is 16.3. The van der Waals surface area contributed by atoms with Gasteiger partial charge in [0.25, 0.3) is 0 Å². The van der Waals surface area contributed by atoms with Crippen molar-refractivity contribution in [2.24, 2.45) is 11.7 Å². The molecule has 11 nitrogen and oxygen atoms in total. The molecule has 2 aromatic carbocycles. The lowest BCUT2D eigenvalue weighted by atomic mass is 9.78. The maximum Gasteiger partial charge on any atom is 0.335 e. The number of hydrogen-bond donors (Lipinski definition) is 4. The fourth-order valence-corrected chi connectivity index (χ4v) is 7.47. The molecule has 2 aromatic rings. The van der Waals surface area contributed by atoms with Crippen molar-refractivity contribution >= 4 is 36.0 Å². The molecule has 1 spiro atoms. The van der Waals surface area contributed by atoms with Crippen molar-refractivity contribution in [3.05, 3.63) is 64.7 Å². The number of methoxy groups -OCH3 is 1. The van der Waals surface area contributed by atoms with E-state index in [9.17, 15) is 29.4 Å². The molecular formula is C36H49ClN4O7. The van der Waals surface area contributed by atoms with Crippen LogP contribution in [0, 0.1) is 5.92 Å². The third kappa shape index (κ3) is 7.70. The Balaban J connectivity index is 0.00000520. The van der Waals surface area contributed by atoms with Crippen LogP contribution in [0.3, 0.4) is 0 Å². The van der Waals surface area contributed by atoms with Crippen LogP contribution in [0.15, 0.2) is 42.5 Å². The number of benzene rings is 2. The molecule has 262 valence electrons. The van der Waals surface area contributed by atoms with Crippen LogP contribution in [0.5, 0.6) is 5.75 Å². The summed E-state index contributed by atoms with van der Waals surface area (Å²) in [4.78, 5) is 56.2. The zero-order chi connectivity index (χ0) is 33.7. The van der Waals surface area contributed by atoms with Gasteiger partial charge in [-0.05, 0) is 67.3 Å². The Bertz CT molecular complexity index is 1450. The summed E-state index contributed by atoms with van der Waals surface area (Å²) in [5.74, 6) is -1.61. The average molecular weight is 685 g/mol. The number of aliphatic hydroxyl groups is 1. The second-order valence-corrected chi connectivity index (χ2v) is 13.3. The van der Waals surface area contributed by atoms with Crippen LogP contribution < -0.4 is 15.8 Å². The lowest BCUT2D eigenvalue weighted by Gasteiger charge is -2.52. The number of piperazine rings is 1. The van der Waals surface area contributed by atoms with Gasteiger partial charge in [0.05, 0.1) is 30.4 Å². The van der Waals surface area contributed by atoms with Crippen molar-refractivity contribution in [3.8, 4) is 5.75 Å².